The minimum atomic E-state index is 0.0992. The highest BCUT2D eigenvalue weighted by Gasteiger charge is 2.20. The van der Waals surface area contributed by atoms with Crippen LogP contribution in [-0.4, -0.2) is 0 Å². The van der Waals surface area contributed by atoms with E-state index in [9.17, 15) is 0 Å². The molecule has 0 N–H and O–H groups in total. The van der Waals surface area contributed by atoms with Gasteiger partial charge in [-0.3, -0.25) is 0 Å². The van der Waals surface area contributed by atoms with Crippen LogP contribution in [0.4, 0.5) is 0 Å². The highest BCUT2D eigenvalue weighted by atomic mass is 14.2. The fourth-order valence-electron chi connectivity index (χ4n) is 2.26. The molecule has 0 radical (unpaired) electrons. The highest BCUT2D eigenvalue weighted by molar-refractivity contribution is 5.52. The first-order valence-corrected chi connectivity index (χ1v) is 6.38. The van der Waals surface area contributed by atoms with E-state index in [2.05, 4.69) is 75.1 Å². The molecule has 0 saturated carbocycles. The topological polar surface area (TPSA) is 0 Å². The Morgan fingerprint density at radius 2 is 2.17 bits per heavy atom. The molecule has 0 aliphatic heterocycles. The Bertz CT molecular complexity index is 529. The van der Waals surface area contributed by atoms with Gasteiger partial charge in [0.2, 0.25) is 0 Å². The molecule has 0 heterocycles. The van der Waals surface area contributed by atoms with Crippen molar-refractivity contribution >= 4 is 6.08 Å². The molecule has 2 rings (SSSR count). The summed E-state index contributed by atoms with van der Waals surface area (Å²) in [4.78, 5) is 0. The molecule has 1 aromatic carbocycles. The van der Waals surface area contributed by atoms with Gasteiger partial charge in [0.25, 0.3) is 0 Å². The van der Waals surface area contributed by atoms with Crippen molar-refractivity contribution in [2.75, 3.05) is 0 Å². The lowest BCUT2D eigenvalue weighted by Gasteiger charge is -2.25. The number of benzene rings is 1. The maximum absolute atomic E-state index is 3.85. The smallest absolute Gasteiger partial charge is 0.00794 e. The lowest BCUT2D eigenvalue weighted by atomic mass is 9.79. The summed E-state index contributed by atoms with van der Waals surface area (Å²) in [7, 11) is 0. The van der Waals surface area contributed by atoms with Gasteiger partial charge in [0, 0.05) is 5.41 Å². The van der Waals surface area contributed by atoms with Crippen LogP contribution in [0.1, 0.15) is 24.5 Å². The lowest BCUT2D eigenvalue weighted by Crippen LogP contribution is -2.12. The van der Waals surface area contributed by atoms with Crippen molar-refractivity contribution in [2.45, 2.75) is 20.3 Å². The van der Waals surface area contributed by atoms with Gasteiger partial charge >= 0.3 is 0 Å². The van der Waals surface area contributed by atoms with Gasteiger partial charge in [-0.05, 0) is 24.5 Å². The second-order valence-corrected chi connectivity index (χ2v) is 5.23. The van der Waals surface area contributed by atoms with Crippen LogP contribution in [0.15, 0.2) is 66.8 Å². The maximum atomic E-state index is 3.85. The largest absolute Gasteiger partial charge is 0.0988 e. The fraction of sp³-hybridized carbons (Fsp3) is 0.222. The zero-order chi connectivity index (χ0) is 13.0. The summed E-state index contributed by atoms with van der Waals surface area (Å²) in [5.41, 5.74) is 3.96. The number of aryl methyl sites for hydroxylation is 1. The third-order valence-corrected chi connectivity index (χ3v) is 3.33. The van der Waals surface area contributed by atoms with Crippen molar-refractivity contribution in [1.29, 1.82) is 0 Å². The van der Waals surface area contributed by atoms with Crippen LogP contribution in [0, 0.1) is 12.3 Å². The first-order chi connectivity index (χ1) is 8.61. The SMILES string of the molecule is C=CC1=CC=CC(C)(C=Cc2cccc(C)c2)C1. The van der Waals surface area contributed by atoms with E-state index in [1.807, 2.05) is 6.08 Å². The van der Waals surface area contributed by atoms with Crippen molar-refractivity contribution in [1.82, 2.24) is 0 Å². The molecule has 0 heteroatoms. The summed E-state index contributed by atoms with van der Waals surface area (Å²) in [6, 6.07) is 8.57. The van der Waals surface area contributed by atoms with Crippen LogP contribution < -0.4 is 0 Å². The van der Waals surface area contributed by atoms with Crippen LogP contribution in [0.5, 0.6) is 0 Å². The average Bonchev–Trinajstić information content (AvgIpc) is 2.37. The molecular weight excluding hydrogens is 216 g/mol. The molecule has 0 aromatic heterocycles. The number of hydrogen-bond acceptors (Lipinski definition) is 0. The number of allylic oxidation sites excluding steroid dienone is 6. The normalized spacial score (nSPS) is 23.1. The van der Waals surface area contributed by atoms with Crippen LogP contribution in [0.3, 0.4) is 0 Å². The number of hydrogen-bond donors (Lipinski definition) is 0. The van der Waals surface area contributed by atoms with Crippen LogP contribution >= 0.6 is 0 Å². The molecule has 0 spiro atoms. The first-order valence-electron chi connectivity index (χ1n) is 6.38. The van der Waals surface area contributed by atoms with Crippen molar-refractivity contribution in [3.63, 3.8) is 0 Å². The summed E-state index contributed by atoms with van der Waals surface area (Å²) in [6.45, 7) is 8.23. The molecule has 1 aromatic rings. The van der Waals surface area contributed by atoms with Gasteiger partial charge in [0.05, 0.1) is 0 Å². The zero-order valence-electron chi connectivity index (χ0n) is 11.2. The highest BCUT2D eigenvalue weighted by Crippen LogP contribution is 2.33. The Kier molecular flexibility index (Phi) is 3.66. The van der Waals surface area contributed by atoms with Gasteiger partial charge in [-0.2, -0.15) is 0 Å². The second kappa shape index (κ2) is 5.22. The van der Waals surface area contributed by atoms with E-state index in [1.54, 1.807) is 0 Å². The van der Waals surface area contributed by atoms with Gasteiger partial charge < -0.3 is 0 Å². The molecule has 18 heavy (non-hydrogen) atoms. The Balaban J connectivity index is 2.16. The van der Waals surface area contributed by atoms with E-state index in [0.717, 1.165) is 6.42 Å². The van der Waals surface area contributed by atoms with E-state index in [-0.39, 0.29) is 5.41 Å². The predicted octanol–water partition coefficient (Wildman–Crippen LogP) is 5.09. The Morgan fingerprint density at radius 3 is 2.89 bits per heavy atom. The first kappa shape index (κ1) is 12.6. The third-order valence-electron chi connectivity index (χ3n) is 3.33. The molecule has 0 bridgehead atoms. The molecule has 0 nitrogen and oxygen atoms in total. The Morgan fingerprint density at radius 1 is 1.33 bits per heavy atom. The summed E-state index contributed by atoms with van der Waals surface area (Å²) < 4.78 is 0. The predicted molar refractivity (Wildman–Crippen MR) is 80.4 cm³/mol. The van der Waals surface area contributed by atoms with E-state index in [4.69, 9.17) is 0 Å². The van der Waals surface area contributed by atoms with Crippen molar-refractivity contribution in [3.05, 3.63) is 77.9 Å². The third kappa shape index (κ3) is 3.10. The Labute approximate surface area is 110 Å². The van der Waals surface area contributed by atoms with E-state index >= 15 is 0 Å². The number of rotatable bonds is 3. The minimum absolute atomic E-state index is 0.0992. The maximum Gasteiger partial charge on any atom is 0.00794 e. The van der Waals surface area contributed by atoms with Crippen molar-refractivity contribution < 1.29 is 0 Å². The molecule has 0 amide bonds. The van der Waals surface area contributed by atoms with Crippen LogP contribution in [0.25, 0.3) is 6.08 Å². The van der Waals surface area contributed by atoms with Crippen molar-refractivity contribution in [3.8, 4) is 0 Å². The van der Waals surface area contributed by atoms with Gasteiger partial charge in [-0.25, -0.2) is 0 Å². The molecule has 0 fully saturated rings. The molecular formula is C18H20. The summed E-state index contributed by atoms with van der Waals surface area (Å²) >= 11 is 0. The quantitative estimate of drug-likeness (QED) is 0.686. The molecule has 1 atom stereocenters. The van der Waals surface area contributed by atoms with Crippen LogP contribution in [0.2, 0.25) is 0 Å². The van der Waals surface area contributed by atoms with Crippen molar-refractivity contribution in [2.24, 2.45) is 5.41 Å². The molecule has 1 unspecified atom stereocenters. The summed E-state index contributed by atoms with van der Waals surface area (Å²) in [5.74, 6) is 0. The molecule has 1 aliphatic rings. The van der Waals surface area contributed by atoms with Gasteiger partial charge in [0.1, 0.15) is 0 Å². The van der Waals surface area contributed by atoms with Crippen LogP contribution in [-0.2, 0) is 0 Å². The van der Waals surface area contributed by atoms with E-state index in [0.29, 0.717) is 0 Å². The minimum Gasteiger partial charge on any atom is -0.0988 e. The second-order valence-electron chi connectivity index (χ2n) is 5.23. The molecule has 1 aliphatic carbocycles. The van der Waals surface area contributed by atoms with Gasteiger partial charge in [-0.1, -0.05) is 79.8 Å². The van der Waals surface area contributed by atoms with Gasteiger partial charge in [0.15, 0.2) is 0 Å². The molecule has 92 valence electrons. The zero-order valence-corrected chi connectivity index (χ0v) is 11.2. The average molecular weight is 236 g/mol. The standard InChI is InChI=1S/C18H20/c1-4-16-9-6-11-18(3,14-16)12-10-17-8-5-7-15(2)13-17/h4-13H,1,14H2,2-3H3. The Hall–Kier alpha value is -1.82. The van der Waals surface area contributed by atoms with E-state index in [1.165, 1.54) is 16.7 Å². The summed E-state index contributed by atoms with van der Waals surface area (Å²) in [6.07, 6.45) is 14.0. The van der Waals surface area contributed by atoms with E-state index < -0.39 is 0 Å². The van der Waals surface area contributed by atoms with Gasteiger partial charge in [-0.15, -0.1) is 0 Å². The molecule has 0 saturated heterocycles. The fourth-order valence-corrected chi connectivity index (χ4v) is 2.26. The monoisotopic (exact) mass is 236 g/mol. The lowest BCUT2D eigenvalue weighted by molar-refractivity contribution is 0.548. The summed E-state index contributed by atoms with van der Waals surface area (Å²) in [5, 5.41) is 0.